The van der Waals surface area contributed by atoms with Crippen molar-refractivity contribution < 1.29 is 114 Å². The number of carbonyl (C=O) groups is 3. The van der Waals surface area contributed by atoms with Crippen LogP contribution in [-0.4, -0.2) is 210 Å². The number of benzene rings is 3. The van der Waals surface area contributed by atoms with Gasteiger partial charge < -0.3 is 104 Å². The first-order valence-electron chi connectivity index (χ1n) is 50.8. The second-order valence-electron chi connectivity index (χ2n) is 45.6. The van der Waals surface area contributed by atoms with Crippen molar-refractivity contribution in [2.75, 3.05) is 33.5 Å². The SMILES string of the molecule is C.CCC1O[C@@H](OC2[C@H](O[C@H]3CCC4(C)C5CC=C6C7CC(C)(C)CC[C@]7(C(=O)OC7([C@@H]8OC(C)[C@H](O[C@@H]9OC[C@@H](OCc%10ccccc%10)C(O[C@@H]%10OC[C@]%11(CC)O[C@@H](c%12ccccc%12)OC%10%11)C9C)C9OC(C)(C)OC98)OC8C(C)[C@@H](N=[N+]=[N-])C(COCc9ccccc9)O[C@H]87)C(OC)C[C@@]6(C)[C@@]5(C)CC[C@H]4[C@@]3(C)C=O)OC(C(C)=O)[C@@H](C)[C@@H]2O[C@@H]2OC[C@@H](C)[C@H](C)C2C)C(C)[C@@H](C)[C@H]1C. The van der Waals surface area contributed by atoms with Gasteiger partial charge in [-0.15, -0.1) is 0 Å². The highest BCUT2D eigenvalue weighted by molar-refractivity contribution is 5.81. The Balaban J connectivity index is 0.0000127. The van der Waals surface area contributed by atoms with Crippen molar-refractivity contribution in [2.45, 2.75) is 401 Å². The van der Waals surface area contributed by atoms with Crippen LogP contribution in [0.4, 0.5) is 0 Å². The summed E-state index contributed by atoms with van der Waals surface area (Å²) in [6, 6.07) is 29.0. The molecule has 15 aliphatic rings. The van der Waals surface area contributed by atoms with Crippen LogP contribution >= 0.6 is 0 Å². The standard InChI is InChI=1S/C107H153N3O24.CH4/c1-23-73-60(6)59(5)62(8)94(122-73)128-88-83(126-92-61(7)58(4)57(3)50-117-92)64(10)81(66(12)112)124-96(88)123-78-43-44-101(18)76(102(78,19)55-111)42-45-103(20)77(101)41-40-71-72-48-99(14,15)46-47-106(72,79(114-22)49-104(71,103)21)98(113)134-107(89-84(132-107)63(9)80(109-110-108)74(121-89)53-115-51-68-34-28-25-29-35-68)90-87-86(130-100(16,17)131-87)85(67(13)120-90)127-93-65(11)82(75(54-118-93)116-52-69-36-30-26-31-37-69)125-97-91-105(24-2,56-119-97)133-95(129-91)70-38-32-27-33-39-70;/h25-40,55,57-65,67,72-97H,23-24,41-54,56H2,1-22H3;1H4/t57-,58+,59+,60-,61?,62?,63?,64-,65?,67?,72?,73?,74?,75-,76-,77?,78+,79?,80-,81?,82?,83+,84?,85+,86?,87?,88?,89-,90-,91?,92+,93+,94+,95+,96-,97+,101?,102-,103+,104-,105+,106-,107?;/m1./s1. The zero-order valence-corrected chi connectivity index (χ0v) is 83.3. The molecular weight excluding hydrogens is 1720 g/mol. The van der Waals surface area contributed by atoms with Gasteiger partial charge in [0.05, 0.1) is 99.9 Å². The van der Waals surface area contributed by atoms with Gasteiger partial charge in [0.1, 0.15) is 60.0 Å². The van der Waals surface area contributed by atoms with Crippen LogP contribution in [0.1, 0.15) is 246 Å². The van der Waals surface area contributed by atoms with Crippen molar-refractivity contribution in [3.63, 3.8) is 0 Å². The lowest BCUT2D eigenvalue weighted by Gasteiger charge is -2.72. The average molecular weight is 1880 g/mol. The van der Waals surface area contributed by atoms with Crippen molar-refractivity contribution >= 4 is 18.0 Å². The molecule has 43 atom stereocenters. The molecule has 748 valence electrons. The molecule has 0 N–H and O–H groups in total. The number of hydrogen-bond donors (Lipinski definition) is 0. The van der Waals surface area contributed by atoms with Gasteiger partial charge in [0.25, 0.3) is 5.79 Å². The first-order valence-corrected chi connectivity index (χ1v) is 50.8. The monoisotopic (exact) mass is 1880 g/mol. The van der Waals surface area contributed by atoms with E-state index in [-0.39, 0.29) is 92.1 Å². The Labute approximate surface area is 801 Å². The summed E-state index contributed by atoms with van der Waals surface area (Å²) in [5.41, 5.74) is 9.76. The number of allylic oxidation sites excluding steroid dienone is 2. The van der Waals surface area contributed by atoms with Crippen LogP contribution in [0.15, 0.2) is 108 Å². The number of carbonyl (C=O) groups excluding carboxylic acids is 3. The van der Waals surface area contributed by atoms with Crippen LogP contribution in [-0.2, 0) is 127 Å². The van der Waals surface area contributed by atoms with E-state index in [4.69, 9.17) is 99.5 Å². The van der Waals surface area contributed by atoms with Crippen LogP contribution in [0, 0.1) is 104 Å². The zero-order valence-electron chi connectivity index (χ0n) is 83.3. The lowest BCUT2D eigenvalue weighted by Crippen LogP contribution is -2.82. The molecule has 135 heavy (non-hydrogen) atoms. The van der Waals surface area contributed by atoms with Gasteiger partial charge in [-0.05, 0) is 184 Å². The molecule has 14 fully saturated rings. The van der Waals surface area contributed by atoms with E-state index in [1.165, 1.54) is 5.57 Å². The summed E-state index contributed by atoms with van der Waals surface area (Å²) >= 11 is 0. The third-order valence-corrected chi connectivity index (χ3v) is 37.2. The number of hydrogen-bond acceptors (Lipinski definition) is 25. The van der Waals surface area contributed by atoms with Crippen molar-refractivity contribution in [2.24, 2.45) is 109 Å². The predicted octanol–water partition coefficient (Wildman–Crippen LogP) is 18.9. The topological polar surface area (TPSA) is 294 Å². The van der Waals surface area contributed by atoms with E-state index < -0.39 is 204 Å². The number of rotatable bonds is 27. The molecule has 18 rings (SSSR count). The molecular formula is C108H157N3O24. The molecule has 27 heteroatoms. The second-order valence-corrected chi connectivity index (χ2v) is 45.6. The number of methoxy groups -OCH3 is 1. The van der Waals surface area contributed by atoms with Crippen molar-refractivity contribution in [3.8, 4) is 0 Å². The number of esters is 1. The maximum Gasteiger partial charge on any atom is 0.318 e. The van der Waals surface area contributed by atoms with Gasteiger partial charge in [-0.3, -0.25) is 9.59 Å². The third kappa shape index (κ3) is 17.6. The first-order chi connectivity index (χ1) is 63.9. The van der Waals surface area contributed by atoms with E-state index in [2.05, 4.69) is 113 Å². The van der Waals surface area contributed by atoms with Crippen LogP contribution < -0.4 is 0 Å². The van der Waals surface area contributed by atoms with E-state index in [9.17, 15) is 15.1 Å². The number of ketones is 1. The first kappa shape index (κ1) is 101. The molecule has 5 aliphatic carbocycles. The highest BCUT2D eigenvalue weighted by Crippen LogP contribution is 2.77. The molecule has 0 amide bonds. The number of azide groups is 1. The lowest BCUT2D eigenvalue weighted by atomic mass is 9.33. The summed E-state index contributed by atoms with van der Waals surface area (Å²) in [7, 11) is 1.75. The minimum Gasteiger partial charge on any atom is -0.426 e. The summed E-state index contributed by atoms with van der Waals surface area (Å²) < 4.78 is 150. The van der Waals surface area contributed by atoms with Crippen molar-refractivity contribution in [1.82, 2.24) is 0 Å². The lowest BCUT2D eigenvalue weighted by molar-refractivity contribution is -0.465. The summed E-state index contributed by atoms with van der Waals surface area (Å²) in [5.74, 6) is -4.68. The van der Waals surface area contributed by atoms with Crippen LogP contribution in [0.3, 0.4) is 0 Å². The molecule has 19 unspecified atom stereocenters. The minimum absolute atomic E-state index is 0. The molecule has 0 spiro atoms. The average Bonchev–Trinajstić information content (AvgIpc) is 1.02. The Hall–Kier alpha value is -5.28. The largest absolute Gasteiger partial charge is 0.426 e. The smallest absolute Gasteiger partial charge is 0.318 e. The number of Topliss-reactive ketones (excluding diaryl/α,β-unsaturated/α-hetero) is 1. The highest BCUT2D eigenvalue weighted by Gasteiger charge is 2.79. The van der Waals surface area contributed by atoms with Crippen LogP contribution in [0.25, 0.3) is 10.4 Å². The summed E-state index contributed by atoms with van der Waals surface area (Å²) in [4.78, 5) is 50.1. The van der Waals surface area contributed by atoms with Gasteiger partial charge in [-0.25, -0.2) is 0 Å². The molecule has 3 aromatic rings. The fourth-order valence-corrected chi connectivity index (χ4v) is 28.3. The molecule has 0 bridgehead atoms. The Morgan fingerprint density at radius 3 is 1.90 bits per heavy atom. The Kier molecular flexibility index (Phi) is 29.3. The number of aldehydes is 1. The van der Waals surface area contributed by atoms with E-state index in [0.29, 0.717) is 82.3 Å². The molecule has 10 heterocycles. The van der Waals surface area contributed by atoms with Gasteiger partial charge >= 0.3 is 5.97 Å². The normalized spacial score (nSPS) is 48.3. The molecule has 3 aromatic carbocycles. The van der Waals surface area contributed by atoms with Gasteiger partial charge in [-0.1, -0.05) is 233 Å². The number of ether oxygens (including phenoxy) is 21. The van der Waals surface area contributed by atoms with Crippen LogP contribution in [0.2, 0.25) is 0 Å². The molecule has 10 aliphatic heterocycles. The third-order valence-electron chi connectivity index (χ3n) is 37.2. The summed E-state index contributed by atoms with van der Waals surface area (Å²) in [5, 5.41) is 4.40. The molecule has 4 saturated carbocycles. The molecule has 0 aromatic heterocycles. The van der Waals surface area contributed by atoms with Crippen molar-refractivity contribution in [3.05, 3.63) is 130 Å². The Morgan fingerprint density at radius 2 is 1.22 bits per heavy atom. The van der Waals surface area contributed by atoms with E-state index >= 15 is 4.79 Å². The van der Waals surface area contributed by atoms with Gasteiger partial charge in [0.2, 0.25) is 0 Å². The van der Waals surface area contributed by atoms with Crippen molar-refractivity contribution in [1.29, 1.82) is 0 Å². The fourth-order valence-electron chi connectivity index (χ4n) is 28.3. The number of fused-ring (bicyclic) bond motifs is 10. The number of nitrogens with zero attached hydrogens (tertiary/aromatic N) is 3. The Bertz CT molecular complexity index is 4680. The molecule has 27 nitrogen and oxygen atoms in total. The summed E-state index contributed by atoms with van der Waals surface area (Å²) in [6.07, 6.45) is -7.21. The molecule has 0 radical (unpaired) electrons. The van der Waals surface area contributed by atoms with Gasteiger partial charge in [0.15, 0.2) is 61.5 Å². The maximum absolute atomic E-state index is 17.7. The van der Waals surface area contributed by atoms with Crippen LogP contribution in [0.5, 0.6) is 0 Å². The van der Waals surface area contributed by atoms with E-state index in [0.717, 1.165) is 42.2 Å². The Morgan fingerprint density at radius 1 is 0.570 bits per heavy atom. The highest BCUT2D eigenvalue weighted by atomic mass is 16.8. The minimum atomic E-state index is -2.05. The maximum atomic E-state index is 17.7. The van der Waals surface area contributed by atoms with Gasteiger partial charge in [-0.2, -0.15) is 0 Å². The van der Waals surface area contributed by atoms with E-state index in [1.807, 2.05) is 133 Å². The zero-order chi connectivity index (χ0) is 95.1. The fraction of sp³-hybridized carbons (Fsp3) is 0.787. The quantitative estimate of drug-likeness (QED) is 0.0130. The van der Waals surface area contributed by atoms with Gasteiger partial charge in [0, 0.05) is 41.3 Å². The van der Waals surface area contributed by atoms with E-state index in [1.54, 1.807) is 14.0 Å². The molecule has 10 saturated heterocycles. The summed E-state index contributed by atoms with van der Waals surface area (Å²) in [6.45, 7) is 46.4. The second kappa shape index (κ2) is 39.1. The predicted molar refractivity (Wildman–Crippen MR) is 499 cm³/mol.